The van der Waals surface area contributed by atoms with Gasteiger partial charge in [-0.25, -0.2) is 19.5 Å². The first-order valence-corrected chi connectivity index (χ1v) is 10.5. The van der Waals surface area contributed by atoms with Crippen LogP contribution >= 0.6 is 0 Å². The molecule has 0 saturated carbocycles. The monoisotopic (exact) mass is 469 g/mol. The molecule has 11 heteroatoms. The van der Waals surface area contributed by atoms with Crippen LogP contribution in [-0.4, -0.2) is 48.0 Å². The quantitative estimate of drug-likeness (QED) is 0.458. The molecule has 5 rings (SSSR count). The van der Waals surface area contributed by atoms with Gasteiger partial charge < -0.3 is 19.7 Å². The molecule has 3 aromatic heterocycles. The van der Waals surface area contributed by atoms with Crippen molar-refractivity contribution in [2.24, 2.45) is 0 Å². The van der Waals surface area contributed by atoms with Crippen LogP contribution in [0.3, 0.4) is 0 Å². The van der Waals surface area contributed by atoms with Crippen molar-refractivity contribution < 1.29 is 28.5 Å². The van der Waals surface area contributed by atoms with Gasteiger partial charge in [-0.05, 0) is 32.0 Å². The van der Waals surface area contributed by atoms with Crippen LogP contribution in [0.25, 0.3) is 16.9 Å². The Morgan fingerprint density at radius 2 is 1.88 bits per heavy atom. The van der Waals surface area contributed by atoms with Crippen LogP contribution in [0.15, 0.2) is 48.8 Å². The van der Waals surface area contributed by atoms with Gasteiger partial charge in [0.2, 0.25) is 0 Å². The number of aliphatic hydroxyl groups excluding tert-OH is 1. The zero-order valence-corrected chi connectivity index (χ0v) is 18.3. The number of imidazole rings is 1. The molecule has 2 N–H and O–H groups in total. The van der Waals surface area contributed by atoms with Crippen LogP contribution in [0, 0.1) is 0 Å². The molecule has 0 fully saturated rings. The fourth-order valence-corrected chi connectivity index (χ4v) is 3.87. The summed E-state index contributed by atoms with van der Waals surface area (Å²) in [6, 6.07) is 9.77. The average molecular weight is 469 g/mol. The van der Waals surface area contributed by atoms with E-state index in [1.807, 2.05) is 0 Å². The maximum atomic E-state index is 13.0. The van der Waals surface area contributed by atoms with Gasteiger partial charge in [-0.3, -0.25) is 0 Å². The van der Waals surface area contributed by atoms with Crippen LogP contribution in [0.2, 0.25) is 0 Å². The molecule has 1 aromatic carbocycles. The third kappa shape index (κ3) is 3.98. The second-order valence-electron chi connectivity index (χ2n) is 8.37. The summed E-state index contributed by atoms with van der Waals surface area (Å²) < 4.78 is 38.1. The highest BCUT2D eigenvalue weighted by Crippen LogP contribution is 2.40. The zero-order chi connectivity index (χ0) is 24.0. The maximum Gasteiger partial charge on any atom is 0.387 e. The highest BCUT2D eigenvalue weighted by molar-refractivity contribution is 5.59. The summed E-state index contributed by atoms with van der Waals surface area (Å²) in [5.41, 5.74) is 1.48. The molecule has 0 bridgehead atoms. The first kappa shape index (κ1) is 22.3. The second-order valence-corrected chi connectivity index (χ2v) is 8.37. The molecule has 4 heterocycles. The molecule has 176 valence electrons. The minimum atomic E-state index is -3.01. The number of fused-ring (bicyclic) bond motifs is 3. The molecular weight excluding hydrogens is 448 g/mol. The first-order chi connectivity index (χ1) is 16.2. The number of alkyl halides is 2. The number of para-hydroxylation sites is 1. The van der Waals surface area contributed by atoms with Gasteiger partial charge in [0.05, 0.1) is 18.0 Å². The van der Waals surface area contributed by atoms with Crippen molar-refractivity contribution in [1.82, 2.24) is 24.6 Å². The van der Waals surface area contributed by atoms with Gasteiger partial charge >= 0.3 is 6.61 Å². The Labute approximate surface area is 192 Å². The minimum Gasteiger partial charge on any atom is -0.434 e. The highest BCUT2D eigenvalue weighted by Gasteiger charge is 2.35. The van der Waals surface area contributed by atoms with Gasteiger partial charge in [0.25, 0.3) is 0 Å². The normalized spacial score (nSPS) is 18.3. The second kappa shape index (κ2) is 8.35. The summed E-state index contributed by atoms with van der Waals surface area (Å²) in [6.45, 7) is 0.105. The number of halogens is 2. The molecule has 0 saturated heterocycles. The molecule has 0 radical (unpaired) electrons. The zero-order valence-electron chi connectivity index (χ0n) is 18.3. The molecule has 0 amide bonds. The standard InChI is InChI=1S/C23H21F2N5O4/c1-23(2,32)21-26-9-12(10-27-21)14-7-8-17-28-18-15(31)11-33-20(19(18)30(17)29-14)13-5-3-4-6-16(13)34-22(24)25/h3-10,15,20,22,31-32H,11H2,1-2H3. The number of aliphatic hydroxyl groups is 2. The molecule has 0 spiro atoms. The van der Waals surface area contributed by atoms with E-state index < -0.39 is 24.4 Å². The number of aromatic nitrogens is 5. The SMILES string of the molecule is CC(C)(O)c1ncc(-c2ccc3nc4c(n3n2)C(c2ccccc2OC(F)F)OCC4O)cn1. The molecule has 0 aliphatic carbocycles. The minimum absolute atomic E-state index is 0.0356. The van der Waals surface area contributed by atoms with Crippen LogP contribution in [0.1, 0.15) is 48.8 Å². The van der Waals surface area contributed by atoms with Gasteiger partial charge in [-0.1, -0.05) is 18.2 Å². The lowest BCUT2D eigenvalue weighted by Crippen LogP contribution is -2.24. The third-order valence-electron chi connectivity index (χ3n) is 5.44. The maximum absolute atomic E-state index is 13.0. The smallest absolute Gasteiger partial charge is 0.387 e. The Morgan fingerprint density at radius 3 is 2.59 bits per heavy atom. The van der Waals surface area contributed by atoms with E-state index in [0.29, 0.717) is 33.9 Å². The van der Waals surface area contributed by atoms with E-state index >= 15 is 0 Å². The molecular formula is C23H21F2N5O4. The first-order valence-electron chi connectivity index (χ1n) is 10.5. The Bertz CT molecular complexity index is 1340. The molecule has 9 nitrogen and oxygen atoms in total. The Hall–Kier alpha value is -3.54. The Balaban J connectivity index is 1.63. The number of hydrogen-bond donors (Lipinski definition) is 2. The lowest BCUT2D eigenvalue weighted by atomic mass is 10.00. The van der Waals surface area contributed by atoms with Crippen molar-refractivity contribution >= 4 is 5.65 Å². The van der Waals surface area contributed by atoms with Crippen molar-refractivity contribution in [3.8, 4) is 17.0 Å². The summed E-state index contributed by atoms with van der Waals surface area (Å²) >= 11 is 0. The van der Waals surface area contributed by atoms with Gasteiger partial charge in [0.1, 0.15) is 29.3 Å². The van der Waals surface area contributed by atoms with Crippen molar-refractivity contribution in [2.45, 2.75) is 38.3 Å². The number of benzene rings is 1. The van der Waals surface area contributed by atoms with Gasteiger partial charge in [0, 0.05) is 23.5 Å². The fourth-order valence-electron chi connectivity index (χ4n) is 3.87. The van der Waals surface area contributed by atoms with E-state index in [9.17, 15) is 19.0 Å². The summed E-state index contributed by atoms with van der Waals surface area (Å²) in [6.07, 6.45) is 1.24. The van der Waals surface area contributed by atoms with E-state index in [-0.39, 0.29) is 18.2 Å². The predicted molar refractivity (Wildman–Crippen MR) is 115 cm³/mol. The van der Waals surface area contributed by atoms with E-state index in [2.05, 4.69) is 20.1 Å². The summed E-state index contributed by atoms with van der Waals surface area (Å²) in [5.74, 6) is 0.233. The van der Waals surface area contributed by atoms with E-state index in [1.54, 1.807) is 56.6 Å². The van der Waals surface area contributed by atoms with Gasteiger partial charge in [-0.15, -0.1) is 0 Å². The van der Waals surface area contributed by atoms with Crippen LogP contribution in [0.4, 0.5) is 8.78 Å². The molecule has 1 aliphatic heterocycles. The van der Waals surface area contributed by atoms with Crippen LogP contribution < -0.4 is 4.74 Å². The summed E-state index contributed by atoms with van der Waals surface area (Å²) in [4.78, 5) is 12.9. The van der Waals surface area contributed by atoms with Crippen LogP contribution in [-0.2, 0) is 10.3 Å². The van der Waals surface area contributed by atoms with E-state index in [1.165, 1.54) is 10.6 Å². The van der Waals surface area contributed by atoms with Crippen molar-refractivity contribution in [2.75, 3.05) is 6.61 Å². The molecule has 2 unspecified atom stereocenters. The van der Waals surface area contributed by atoms with Crippen LogP contribution in [0.5, 0.6) is 5.75 Å². The molecule has 34 heavy (non-hydrogen) atoms. The number of nitrogens with zero attached hydrogens (tertiary/aromatic N) is 5. The van der Waals surface area contributed by atoms with E-state index in [4.69, 9.17) is 9.47 Å². The molecule has 2 atom stereocenters. The summed E-state index contributed by atoms with van der Waals surface area (Å²) in [5, 5.41) is 25.2. The Kier molecular flexibility index (Phi) is 5.47. The van der Waals surface area contributed by atoms with Crippen molar-refractivity contribution in [3.63, 3.8) is 0 Å². The average Bonchev–Trinajstić information content (AvgIpc) is 3.19. The lowest BCUT2D eigenvalue weighted by Gasteiger charge is -2.27. The fraction of sp³-hybridized carbons (Fsp3) is 0.304. The largest absolute Gasteiger partial charge is 0.434 e. The van der Waals surface area contributed by atoms with Crippen molar-refractivity contribution in [1.29, 1.82) is 0 Å². The summed E-state index contributed by atoms with van der Waals surface area (Å²) in [7, 11) is 0. The molecule has 1 aliphatic rings. The number of ether oxygens (including phenoxy) is 2. The Morgan fingerprint density at radius 1 is 1.15 bits per heavy atom. The number of hydrogen-bond acceptors (Lipinski definition) is 8. The lowest BCUT2D eigenvalue weighted by molar-refractivity contribution is -0.0549. The number of rotatable bonds is 5. The predicted octanol–water partition coefficient (Wildman–Crippen LogP) is 3.17. The third-order valence-corrected chi connectivity index (χ3v) is 5.44. The van der Waals surface area contributed by atoms with Crippen molar-refractivity contribution in [3.05, 3.63) is 71.6 Å². The van der Waals surface area contributed by atoms with Gasteiger partial charge in [-0.2, -0.15) is 13.9 Å². The topological polar surface area (TPSA) is 115 Å². The van der Waals surface area contributed by atoms with Gasteiger partial charge in [0.15, 0.2) is 11.5 Å². The highest BCUT2D eigenvalue weighted by atomic mass is 19.3. The molecule has 4 aromatic rings. The van der Waals surface area contributed by atoms with E-state index in [0.717, 1.165) is 0 Å².